The van der Waals surface area contributed by atoms with Crippen LogP contribution in [0.5, 0.6) is 0 Å². The molecule has 2 nitrogen and oxygen atoms in total. The van der Waals surface area contributed by atoms with Crippen LogP contribution in [0.3, 0.4) is 0 Å². The molecule has 0 saturated carbocycles. The quantitative estimate of drug-likeness (QED) is 0.750. The van der Waals surface area contributed by atoms with E-state index in [4.69, 9.17) is 11.6 Å². The van der Waals surface area contributed by atoms with E-state index in [-0.39, 0.29) is 5.82 Å². The molecular weight excluding hydrogens is 239 g/mol. The summed E-state index contributed by atoms with van der Waals surface area (Å²) in [7, 11) is 0. The first-order chi connectivity index (χ1) is 8.22. The number of anilines is 1. The summed E-state index contributed by atoms with van der Waals surface area (Å²) >= 11 is 5.88. The molecule has 0 N–H and O–H groups in total. The fraction of sp³-hybridized carbons (Fsp3) is 0.615. The van der Waals surface area contributed by atoms with Gasteiger partial charge in [0.15, 0.2) is 0 Å². The van der Waals surface area contributed by atoms with E-state index in [1.165, 1.54) is 37.9 Å². The normalized spacial score (nSPS) is 21.4. The Bertz CT molecular complexity index is 384. The van der Waals surface area contributed by atoms with Gasteiger partial charge in [0, 0.05) is 18.2 Å². The summed E-state index contributed by atoms with van der Waals surface area (Å²) in [6.45, 7) is 3.19. The van der Waals surface area contributed by atoms with Crippen LogP contribution in [0.25, 0.3) is 0 Å². The average molecular weight is 257 g/mol. The fourth-order valence-electron chi connectivity index (χ4n) is 2.42. The van der Waals surface area contributed by atoms with Crippen molar-refractivity contribution in [1.82, 2.24) is 4.98 Å². The van der Waals surface area contributed by atoms with Crippen molar-refractivity contribution in [2.45, 2.75) is 44.5 Å². The van der Waals surface area contributed by atoms with Crippen LogP contribution >= 0.6 is 11.6 Å². The van der Waals surface area contributed by atoms with Gasteiger partial charge in [0.2, 0.25) is 0 Å². The average Bonchev–Trinajstić information content (AvgIpc) is 2.54. The first-order valence-electron chi connectivity index (χ1n) is 6.19. The lowest BCUT2D eigenvalue weighted by atomic mass is 10.1. The topological polar surface area (TPSA) is 16.1 Å². The van der Waals surface area contributed by atoms with E-state index in [2.05, 4.69) is 16.8 Å². The molecule has 1 fully saturated rings. The van der Waals surface area contributed by atoms with Gasteiger partial charge < -0.3 is 4.90 Å². The zero-order valence-electron chi connectivity index (χ0n) is 10.1. The summed E-state index contributed by atoms with van der Waals surface area (Å²) in [6, 6.07) is 1.95. The molecule has 0 amide bonds. The molecule has 0 spiro atoms. The van der Waals surface area contributed by atoms with Crippen molar-refractivity contribution in [3.63, 3.8) is 0 Å². The maximum absolute atomic E-state index is 13.1. The van der Waals surface area contributed by atoms with Crippen LogP contribution in [-0.2, 0) is 5.88 Å². The van der Waals surface area contributed by atoms with Crippen molar-refractivity contribution in [3.05, 3.63) is 23.6 Å². The standard InChI is InChI=1S/C13H18ClFN2/c1-10-5-3-2-4-6-17(10)13-11(8-14)7-12(15)9-16-13/h7,9-10H,2-6,8H2,1H3. The minimum atomic E-state index is -0.313. The largest absolute Gasteiger partial charge is 0.354 e. The van der Waals surface area contributed by atoms with Gasteiger partial charge in [-0.1, -0.05) is 12.8 Å². The number of halogens is 2. The second-order valence-electron chi connectivity index (χ2n) is 4.66. The molecule has 94 valence electrons. The molecule has 4 heteroatoms. The summed E-state index contributed by atoms with van der Waals surface area (Å²) in [5.74, 6) is 0.853. The Morgan fingerprint density at radius 3 is 3.06 bits per heavy atom. The molecule has 0 radical (unpaired) electrons. The molecule has 0 bridgehead atoms. The molecule has 1 atom stereocenters. The van der Waals surface area contributed by atoms with Gasteiger partial charge in [-0.05, 0) is 25.8 Å². The van der Waals surface area contributed by atoms with Crippen LogP contribution < -0.4 is 4.90 Å². The highest BCUT2D eigenvalue weighted by Crippen LogP contribution is 2.26. The lowest BCUT2D eigenvalue weighted by Crippen LogP contribution is -2.34. The van der Waals surface area contributed by atoms with Gasteiger partial charge in [-0.3, -0.25) is 0 Å². The highest BCUT2D eigenvalue weighted by atomic mass is 35.5. The zero-order valence-corrected chi connectivity index (χ0v) is 10.9. The van der Waals surface area contributed by atoms with E-state index in [9.17, 15) is 4.39 Å². The molecule has 1 aromatic heterocycles. The van der Waals surface area contributed by atoms with Gasteiger partial charge in [-0.25, -0.2) is 9.37 Å². The van der Waals surface area contributed by atoms with Gasteiger partial charge >= 0.3 is 0 Å². The van der Waals surface area contributed by atoms with E-state index in [1.807, 2.05) is 0 Å². The van der Waals surface area contributed by atoms with Gasteiger partial charge in [0.25, 0.3) is 0 Å². The molecule has 1 saturated heterocycles. The predicted octanol–water partition coefficient (Wildman–Crippen LogP) is 3.73. The van der Waals surface area contributed by atoms with Crippen molar-refractivity contribution in [2.24, 2.45) is 0 Å². The highest BCUT2D eigenvalue weighted by Gasteiger charge is 2.20. The van der Waals surface area contributed by atoms with Crippen LogP contribution in [-0.4, -0.2) is 17.6 Å². The summed E-state index contributed by atoms with van der Waals surface area (Å²) in [4.78, 5) is 6.50. The third-order valence-corrected chi connectivity index (χ3v) is 3.67. The predicted molar refractivity (Wildman–Crippen MR) is 69.0 cm³/mol. The van der Waals surface area contributed by atoms with E-state index >= 15 is 0 Å². The fourth-order valence-corrected chi connectivity index (χ4v) is 2.62. The maximum atomic E-state index is 13.1. The summed E-state index contributed by atoms with van der Waals surface area (Å²) in [5, 5.41) is 0. The number of pyridine rings is 1. The molecule has 1 aliphatic rings. The maximum Gasteiger partial charge on any atom is 0.141 e. The van der Waals surface area contributed by atoms with Crippen molar-refractivity contribution in [3.8, 4) is 0 Å². The molecule has 1 aromatic rings. The Kier molecular flexibility index (Phi) is 4.21. The molecular formula is C13H18ClFN2. The van der Waals surface area contributed by atoms with E-state index < -0.39 is 0 Å². The minimum absolute atomic E-state index is 0.309. The molecule has 1 aliphatic heterocycles. The van der Waals surface area contributed by atoms with Gasteiger partial charge in [0.05, 0.1) is 12.1 Å². The molecule has 0 aliphatic carbocycles. The zero-order chi connectivity index (χ0) is 12.3. The number of aromatic nitrogens is 1. The highest BCUT2D eigenvalue weighted by molar-refractivity contribution is 6.17. The Morgan fingerprint density at radius 1 is 1.47 bits per heavy atom. The summed E-state index contributed by atoms with van der Waals surface area (Å²) < 4.78 is 13.1. The number of hydrogen-bond donors (Lipinski definition) is 0. The monoisotopic (exact) mass is 256 g/mol. The van der Waals surface area contributed by atoms with Crippen LogP contribution in [0.15, 0.2) is 12.3 Å². The van der Waals surface area contributed by atoms with Gasteiger partial charge in [0.1, 0.15) is 11.6 Å². The summed E-state index contributed by atoms with van der Waals surface area (Å²) in [5.41, 5.74) is 0.792. The Hall–Kier alpha value is -0.830. The van der Waals surface area contributed by atoms with E-state index in [0.717, 1.165) is 17.9 Å². The molecule has 2 heterocycles. The number of nitrogens with zero attached hydrogens (tertiary/aromatic N) is 2. The van der Waals surface area contributed by atoms with Gasteiger partial charge in [-0.2, -0.15) is 0 Å². The number of alkyl halides is 1. The Labute approximate surface area is 107 Å². The van der Waals surface area contributed by atoms with Gasteiger partial charge in [-0.15, -0.1) is 11.6 Å². The van der Waals surface area contributed by atoms with Crippen molar-refractivity contribution >= 4 is 17.4 Å². The Balaban J connectivity index is 2.30. The summed E-state index contributed by atoms with van der Waals surface area (Å²) in [6.07, 6.45) is 6.14. The number of hydrogen-bond acceptors (Lipinski definition) is 2. The lowest BCUT2D eigenvalue weighted by Gasteiger charge is -2.29. The smallest absolute Gasteiger partial charge is 0.141 e. The molecule has 17 heavy (non-hydrogen) atoms. The first kappa shape index (κ1) is 12.6. The minimum Gasteiger partial charge on any atom is -0.354 e. The van der Waals surface area contributed by atoms with E-state index in [0.29, 0.717) is 11.9 Å². The second-order valence-corrected chi connectivity index (χ2v) is 4.93. The number of rotatable bonds is 2. The molecule has 0 aromatic carbocycles. The van der Waals surface area contributed by atoms with Crippen LogP contribution in [0.2, 0.25) is 0 Å². The van der Waals surface area contributed by atoms with Crippen molar-refractivity contribution < 1.29 is 4.39 Å². The molecule has 2 rings (SSSR count). The van der Waals surface area contributed by atoms with Crippen LogP contribution in [0.1, 0.15) is 38.2 Å². The van der Waals surface area contributed by atoms with E-state index in [1.54, 1.807) is 0 Å². The lowest BCUT2D eigenvalue weighted by molar-refractivity contribution is 0.598. The van der Waals surface area contributed by atoms with Crippen LogP contribution in [0.4, 0.5) is 10.2 Å². The van der Waals surface area contributed by atoms with Crippen molar-refractivity contribution in [1.29, 1.82) is 0 Å². The Morgan fingerprint density at radius 2 is 2.29 bits per heavy atom. The third kappa shape index (κ3) is 2.89. The molecule has 1 unspecified atom stereocenters. The van der Waals surface area contributed by atoms with Crippen LogP contribution in [0, 0.1) is 5.82 Å². The SMILES string of the molecule is CC1CCCCCN1c1ncc(F)cc1CCl. The first-order valence-corrected chi connectivity index (χ1v) is 6.73. The second kappa shape index (κ2) is 5.67. The third-order valence-electron chi connectivity index (χ3n) is 3.38. The van der Waals surface area contributed by atoms with Crippen molar-refractivity contribution in [2.75, 3.05) is 11.4 Å².